The predicted octanol–water partition coefficient (Wildman–Crippen LogP) is 3.57. The lowest BCUT2D eigenvalue weighted by molar-refractivity contribution is 0.0778. The van der Waals surface area contributed by atoms with Gasteiger partial charge in [-0.15, -0.1) is 0 Å². The van der Waals surface area contributed by atoms with Crippen molar-refractivity contribution in [2.24, 2.45) is 0 Å². The van der Waals surface area contributed by atoms with Crippen LogP contribution >= 0.6 is 0 Å². The lowest BCUT2D eigenvalue weighted by atomic mass is 10.1. The number of fused-ring (bicyclic) bond motifs is 1. The maximum Gasteiger partial charge on any atom is 0.274 e. The first-order chi connectivity index (χ1) is 13.2. The van der Waals surface area contributed by atoms with Crippen molar-refractivity contribution in [2.75, 3.05) is 13.8 Å². The minimum atomic E-state index is -0.104. The molecule has 0 fully saturated rings. The molecule has 0 spiro atoms. The molecule has 1 aliphatic rings. The van der Waals surface area contributed by atoms with Crippen molar-refractivity contribution in [3.63, 3.8) is 0 Å². The Morgan fingerprint density at radius 1 is 1.11 bits per heavy atom. The largest absolute Gasteiger partial charge is 0.454 e. The molecule has 1 aliphatic heterocycles. The van der Waals surface area contributed by atoms with Crippen molar-refractivity contribution in [1.29, 1.82) is 0 Å². The number of carbonyl (C=O) groups excluding carboxylic acids is 1. The predicted molar refractivity (Wildman–Crippen MR) is 102 cm³/mol. The van der Waals surface area contributed by atoms with E-state index in [4.69, 9.17) is 9.47 Å². The Balaban J connectivity index is 1.60. The summed E-state index contributed by atoms with van der Waals surface area (Å²) in [6.07, 6.45) is 0. The molecule has 2 heterocycles. The second kappa shape index (κ2) is 7.15. The standard InChI is InChI=1S/C21H21N3O3/c1-3-24-18(16-9-10-19-20(11-16)27-14-26-19)12-17(22-24)21(25)23(2)13-15-7-5-4-6-8-15/h4-12H,3,13-14H2,1-2H3. The molecule has 2 aromatic carbocycles. The van der Waals surface area contributed by atoms with Crippen LogP contribution in [0.15, 0.2) is 54.6 Å². The Bertz CT molecular complexity index is 966. The van der Waals surface area contributed by atoms with E-state index in [1.165, 1.54) is 0 Å². The van der Waals surface area contributed by atoms with Gasteiger partial charge in [-0.2, -0.15) is 5.10 Å². The number of hydrogen-bond donors (Lipinski definition) is 0. The Hall–Kier alpha value is -3.28. The number of benzene rings is 2. The van der Waals surface area contributed by atoms with Crippen molar-refractivity contribution in [2.45, 2.75) is 20.0 Å². The Labute approximate surface area is 157 Å². The Morgan fingerprint density at radius 2 is 1.89 bits per heavy atom. The van der Waals surface area contributed by atoms with Crippen LogP contribution in [0.5, 0.6) is 11.5 Å². The SMILES string of the molecule is CCn1nc(C(=O)N(C)Cc2ccccc2)cc1-c1ccc2c(c1)OCO2. The van der Waals surface area contributed by atoms with Crippen LogP contribution in [-0.4, -0.2) is 34.4 Å². The van der Waals surface area contributed by atoms with E-state index < -0.39 is 0 Å². The Morgan fingerprint density at radius 3 is 2.67 bits per heavy atom. The third-order valence-electron chi connectivity index (χ3n) is 4.58. The summed E-state index contributed by atoms with van der Waals surface area (Å²) in [5, 5.41) is 4.51. The number of amides is 1. The maximum atomic E-state index is 12.9. The molecule has 0 radical (unpaired) electrons. The van der Waals surface area contributed by atoms with Crippen molar-refractivity contribution in [1.82, 2.24) is 14.7 Å². The van der Waals surface area contributed by atoms with Gasteiger partial charge < -0.3 is 14.4 Å². The summed E-state index contributed by atoms with van der Waals surface area (Å²) < 4.78 is 12.7. The first kappa shape index (κ1) is 17.1. The van der Waals surface area contributed by atoms with Crippen molar-refractivity contribution < 1.29 is 14.3 Å². The van der Waals surface area contributed by atoms with Gasteiger partial charge in [0.2, 0.25) is 6.79 Å². The number of rotatable bonds is 5. The van der Waals surface area contributed by atoms with Crippen LogP contribution in [0.2, 0.25) is 0 Å². The minimum absolute atomic E-state index is 0.104. The van der Waals surface area contributed by atoms with Crippen LogP contribution < -0.4 is 9.47 Å². The second-order valence-corrected chi connectivity index (χ2v) is 6.45. The van der Waals surface area contributed by atoms with Crippen molar-refractivity contribution in [3.8, 4) is 22.8 Å². The van der Waals surface area contributed by atoms with Crippen molar-refractivity contribution >= 4 is 5.91 Å². The van der Waals surface area contributed by atoms with E-state index in [-0.39, 0.29) is 12.7 Å². The average molecular weight is 363 g/mol. The number of aromatic nitrogens is 2. The van der Waals surface area contributed by atoms with Gasteiger partial charge in [0, 0.05) is 25.7 Å². The zero-order chi connectivity index (χ0) is 18.8. The van der Waals surface area contributed by atoms with Gasteiger partial charge in [-0.05, 0) is 36.8 Å². The molecule has 6 heteroatoms. The number of nitrogens with zero attached hydrogens (tertiary/aromatic N) is 3. The lowest BCUT2D eigenvalue weighted by Gasteiger charge is -2.15. The minimum Gasteiger partial charge on any atom is -0.454 e. The Kier molecular flexibility index (Phi) is 4.54. The fourth-order valence-corrected chi connectivity index (χ4v) is 3.18. The monoisotopic (exact) mass is 363 g/mol. The van der Waals surface area contributed by atoms with E-state index in [9.17, 15) is 4.79 Å². The molecule has 0 atom stereocenters. The van der Waals surface area contributed by atoms with Gasteiger partial charge in [-0.1, -0.05) is 30.3 Å². The van der Waals surface area contributed by atoms with E-state index in [0.29, 0.717) is 24.5 Å². The maximum absolute atomic E-state index is 12.9. The van der Waals surface area contributed by atoms with Gasteiger partial charge in [0.15, 0.2) is 17.2 Å². The molecule has 0 saturated carbocycles. The first-order valence-electron chi connectivity index (χ1n) is 8.93. The summed E-state index contributed by atoms with van der Waals surface area (Å²) in [6, 6.07) is 17.5. The van der Waals surface area contributed by atoms with Gasteiger partial charge >= 0.3 is 0 Å². The molecule has 138 valence electrons. The van der Waals surface area contributed by atoms with Gasteiger partial charge in [0.25, 0.3) is 5.91 Å². The van der Waals surface area contributed by atoms with Crippen LogP contribution in [-0.2, 0) is 13.1 Å². The number of hydrogen-bond acceptors (Lipinski definition) is 4. The van der Waals surface area contributed by atoms with Crippen LogP contribution in [0.25, 0.3) is 11.3 Å². The summed E-state index contributed by atoms with van der Waals surface area (Å²) in [5.74, 6) is 1.35. The first-order valence-corrected chi connectivity index (χ1v) is 8.93. The van der Waals surface area contributed by atoms with Crippen LogP contribution in [0.1, 0.15) is 23.0 Å². The highest BCUT2D eigenvalue weighted by Crippen LogP contribution is 2.36. The molecule has 0 unspecified atom stereocenters. The molecule has 0 bridgehead atoms. The van der Waals surface area contributed by atoms with Gasteiger partial charge in [-0.25, -0.2) is 0 Å². The van der Waals surface area contributed by atoms with Gasteiger partial charge in [-0.3, -0.25) is 9.48 Å². The molecule has 1 amide bonds. The smallest absolute Gasteiger partial charge is 0.274 e. The molecular weight excluding hydrogens is 342 g/mol. The van der Waals surface area contributed by atoms with Gasteiger partial charge in [0.05, 0.1) is 5.69 Å². The summed E-state index contributed by atoms with van der Waals surface area (Å²) in [5.41, 5.74) is 3.34. The number of aryl methyl sites for hydroxylation is 1. The molecule has 27 heavy (non-hydrogen) atoms. The number of carbonyl (C=O) groups is 1. The molecule has 3 aromatic rings. The van der Waals surface area contributed by atoms with Crippen LogP contribution in [0.3, 0.4) is 0 Å². The summed E-state index contributed by atoms with van der Waals surface area (Å²) in [4.78, 5) is 14.5. The fourth-order valence-electron chi connectivity index (χ4n) is 3.18. The van der Waals surface area contributed by atoms with E-state index in [1.807, 2.05) is 66.2 Å². The third-order valence-corrected chi connectivity index (χ3v) is 4.58. The molecule has 6 nitrogen and oxygen atoms in total. The molecule has 0 saturated heterocycles. The second-order valence-electron chi connectivity index (χ2n) is 6.45. The van der Waals surface area contributed by atoms with E-state index in [2.05, 4.69) is 5.10 Å². The average Bonchev–Trinajstić information content (AvgIpc) is 3.34. The lowest BCUT2D eigenvalue weighted by Crippen LogP contribution is -2.26. The van der Waals surface area contributed by atoms with Crippen LogP contribution in [0.4, 0.5) is 0 Å². The third kappa shape index (κ3) is 3.38. The molecule has 4 rings (SSSR count). The highest BCUT2D eigenvalue weighted by atomic mass is 16.7. The van der Waals surface area contributed by atoms with E-state index in [1.54, 1.807) is 11.9 Å². The molecular formula is C21H21N3O3. The topological polar surface area (TPSA) is 56.6 Å². The zero-order valence-corrected chi connectivity index (χ0v) is 15.4. The van der Waals surface area contributed by atoms with Gasteiger partial charge in [0.1, 0.15) is 0 Å². The normalized spacial score (nSPS) is 12.2. The highest BCUT2D eigenvalue weighted by Gasteiger charge is 2.20. The summed E-state index contributed by atoms with van der Waals surface area (Å²) in [7, 11) is 1.79. The summed E-state index contributed by atoms with van der Waals surface area (Å²) in [6.45, 7) is 3.45. The van der Waals surface area contributed by atoms with E-state index in [0.717, 1.165) is 22.6 Å². The number of ether oxygens (including phenoxy) is 2. The van der Waals surface area contributed by atoms with E-state index >= 15 is 0 Å². The molecule has 0 N–H and O–H groups in total. The highest BCUT2D eigenvalue weighted by molar-refractivity contribution is 5.93. The molecule has 0 aliphatic carbocycles. The van der Waals surface area contributed by atoms with Crippen LogP contribution in [0, 0.1) is 0 Å². The quantitative estimate of drug-likeness (QED) is 0.695. The zero-order valence-electron chi connectivity index (χ0n) is 15.4. The van der Waals surface area contributed by atoms with Crippen molar-refractivity contribution in [3.05, 3.63) is 65.9 Å². The fraction of sp³-hybridized carbons (Fsp3) is 0.238. The molecule has 1 aromatic heterocycles. The summed E-state index contributed by atoms with van der Waals surface area (Å²) >= 11 is 0.